The molecule has 3 rings (SSSR count). The first-order chi connectivity index (χ1) is 9.24. The van der Waals surface area contributed by atoms with Crippen LogP contribution in [0.25, 0.3) is 10.1 Å². The summed E-state index contributed by atoms with van der Waals surface area (Å²) in [4.78, 5) is 12.8. The Hall–Kier alpha value is -1.39. The maximum Gasteiger partial charge on any atom is 0.261 e. The Morgan fingerprint density at radius 2 is 2.21 bits per heavy atom. The molecule has 1 heterocycles. The van der Waals surface area contributed by atoms with Crippen LogP contribution in [0, 0.1) is 5.92 Å². The van der Waals surface area contributed by atoms with Crippen molar-refractivity contribution in [2.75, 3.05) is 6.54 Å². The third-order valence-corrected chi connectivity index (χ3v) is 4.91. The quantitative estimate of drug-likeness (QED) is 0.905. The summed E-state index contributed by atoms with van der Waals surface area (Å²) in [6, 6.07) is 9.93. The van der Waals surface area contributed by atoms with Crippen LogP contribution < -0.4 is 5.32 Å². The van der Waals surface area contributed by atoms with Gasteiger partial charge in [0.05, 0.1) is 11.0 Å². The van der Waals surface area contributed by atoms with Gasteiger partial charge >= 0.3 is 0 Å². The van der Waals surface area contributed by atoms with Crippen molar-refractivity contribution < 1.29 is 9.90 Å². The van der Waals surface area contributed by atoms with E-state index >= 15 is 0 Å². The molecule has 1 aliphatic carbocycles. The first kappa shape index (κ1) is 12.6. The molecule has 1 amide bonds. The zero-order valence-electron chi connectivity index (χ0n) is 10.6. The second-order valence-electron chi connectivity index (χ2n) is 5.12. The number of aliphatic hydroxyl groups is 1. The predicted octanol–water partition coefficient (Wildman–Crippen LogP) is 2.79. The first-order valence-corrected chi connectivity index (χ1v) is 7.50. The van der Waals surface area contributed by atoms with E-state index < -0.39 is 0 Å². The van der Waals surface area contributed by atoms with Crippen LogP contribution in [0.3, 0.4) is 0 Å². The lowest BCUT2D eigenvalue weighted by Crippen LogP contribution is -2.31. The van der Waals surface area contributed by atoms with E-state index in [9.17, 15) is 9.90 Å². The second-order valence-corrected chi connectivity index (χ2v) is 6.20. The minimum Gasteiger partial charge on any atom is -0.393 e. The number of fused-ring (bicyclic) bond motifs is 1. The van der Waals surface area contributed by atoms with Gasteiger partial charge in [-0.15, -0.1) is 11.3 Å². The Morgan fingerprint density at radius 3 is 2.95 bits per heavy atom. The first-order valence-electron chi connectivity index (χ1n) is 6.69. The van der Waals surface area contributed by atoms with Crippen molar-refractivity contribution in [2.24, 2.45) is 5.92 Å². The topological polar surface area (TPSA) is 49.3 Å². The molecule has 1 saturated carbocycles. The number of carbonyl (C=O) groups is 1. The van der Waals surface area contributed by atoms with Crippen LogP contribution in [0.2, 0.25) is 0 Å². The molecule has 0 saturated heterocycles. The normalized spacial score (nSPS) is 22.8. The SMILES string of the molecule is O=C(NCC1CCCC1O)c1cc2ccccc2s1. The smallest absolute Gasteiger partial charge is 0.261 e. The number of rotatable bonds is 3. The summed E-state index contributed by atoms with van der Waals surface area (Å²) >= 11 is 1.51. The maximum absolute atomic E-state index is 12.1. The molecule has 2 atom stereocenters. The van der Waals surface area contributed by atoms with Gasteiger partial charge in [0.15, 0.2) is 0 Å². The standard InChI is InChI=1S/C15H17NO2S/c17-12-6-3-5-11(12)9-16-15(18)14-8-10-4-1-2-7-13(10)19-14/h1-2,4,7-8,11-12,17H,3,5-6,9H2,(H,16,18). The summed E-state index contributed by atoms with van der Waals surface area (Å²) in [5, 5.41) is 13.8. The van der Waals surface area contributed by atoms with E-state index in [-0.39, 0.29) is 17.9 Å². The van der Waals surface area contributed by atoms with E-state index in [1.807, 2.05) is 30.3 Å². The van der Waals surface area contributed by atoms with E-state index in [0.717, 1.165) is 34.2 Å². The van der Waals surface area contributed by atoms with Crippen molar-refractivity contribution in [3.05, 3.63) is 35.2 Å². The van der Waals surface area contributed by atoms with Crippen LogP contribution in [0.15, 0.2) is 30.3 Å². The van der Waals surface area contributed by atoms with Crippen molar-refractivity contribution in [1.29, 1.82) is 0 Å². The molecule has 0 aliphatic heterocycles. The summed E-state index contributed by atoms with van der Waals surface area (Å²) < 4.78 is 1.13. The number of carbonyl (C=O) groups excluding carboxylic acids is 1. The van der Waals surface area contributed by atoms with Gasteiger partial charge in [-0.3, -0.25) is 4.79 Å². The molecule has 1 aliphatic rings. The van der Waals surface area contributed by atoms with Crippen LogP contribution in [-0.2, 0) is 0 Å². The lowest BCUT2D eigenvalue weighted by Gasteiger charge is -2.14. The van der Waals surface area contributed by atoms with E-state index in [2.05, 4.69) is 5.32 Å². The average Bonchev–Trinajstić information content (AvgIpc) is 3.01. The molecule has 2 unspecified atom stereocenters. The highest BCUT2D eigenvalue weighted by Gasteiger charge is 2.25. The minimum absolute atomic E-state index is 0.0275. The average molecular weight is 275 g/mol. The van der Waals surface area contributed by atoms with Crippen molar-refractivity contribution in [2.45, 2.75) is 25.4 Å². The molecule has 100 valence electrons. The number of aliphatic hydroxyl groups excluding tert-OH is 1. The number of nitrogens with one attached hydrogen (secondary N) is 1. The molecule has 2 aromatic rings. The third-order valence-electron chi connectivity index (χ3n) is 3.79. The molecule has 19 heavy (non-hydrogen) atoms. The van der Waals surface area contributed by atoms with Crippen LogP contribution in [-0.4, -0.2) is 23.7 Å². The Kier molecular flexibility index (Phi) is 3.53. The van der Waals surface area contributed by atoms with Crippen molar-refractivity contribution in [3.8, 4) is 0 Å². The molecule has 2 N–H and O–H groups in total. The van der Waals surface area contributed by atoms with Gasteiger partial charge in [-0.2, -0.15) is 0 Å². The minimum atomic E-state index is -0.247. The van der Waals surface area contributed by atoms with Crippen molar-refractivity contribution in [3.63, 3.8) is 0 Å². The fourth-order valence-corrected chi connectivity index (χ4v) is 3.64. The number of amides is 1. The highest BCUT2D eigenvalue weighted by atomic mass is 32.1. The second kappa shape index (κ2) is 5.31. The molecule has 0 spiro atoms. The molecular formula is C15H17NO2S. The zero-order chi connectivity index (χ0) is 13.2. The van der Waals surface area contributed by atoms with Crippen LogP contribution in [0.1, 0.15) is 28.9 Å². The fourth-order valence-electron chi connectivity index (χ4n) is 2.66. The van der Waals surface area contributed by atoms with Gasteiger partial charge in [0.1, 0.15) is 0 Å². The van der Waals surface area contributed by atoms with Gasteiger partial charge < -0.3 is 10.4 Å². The Balaban J connectivity index is 1.66. The maximum atomic E-state index is 12.1. The zero-order valence-corrected chi connectivity index (χ0v) is 11.5. The Bertz CT molecular complexity index is 560. The Labute approximate surface area is 116 Å². The van der Waals surface area contributed by atoms with Gasteiger partial charge in [-0.25, -0.2) is 0 Å². The number of hydrogen-bond donors (Lipinski definition) is 2. The van der Waals surface area contributed by atoms with Gasteiger partial charge in [0.2, 0.25) is 0 Å². The van der Waals surface area contributed by atoms with E-state index in [0.29, 0.717) is 6.54 Å². The van der Waals surface area contributed by atoms with E-state index in [1.54, 1.807) is 0 Å². The molecular weight excluding hydrogens is 258 g/mol. The highest BCUT2D eigenvalue weighted by Crippen LogP contribution is 2.26. The molecule has 1 fully saturated rings. The predicted molar refractivity (Wildman–Crippen MR) is 77.5 cm³/mol. The molecule has 1 aromatic carbocycles. The van der Waals surface area contributed by atoms with Gasteiger partial charge in [-0.05, 0) is 30.4 Å². The fraction of sp³-hybridized carbons (Fsp3) is 0.400. The largest absolute Gasteiger partial charge is 0.393 e. The molecule has 3 nitrogen and oxygen atoms in total. The molecule has 1 aromatic heterocycles. The van der Waals surface area contributed by atoms with E-state index in [1.165, 1.54) is 11.3 Å². The highest BCUT2D eigenvalue weighted by molar-refractivity contribution is 7.20. The number of hydrogen-bond acceptors (Lipinski definition) is 3. The number of thiophene rings is 1. The monoisotopic (exact) mass is 275 g/mol. The Morgan fingerprint density at radius 1 is 1.37 bits per heavy atom. The summed E-state index contributed by atoms with van der Waals surface area (Å²) in [5.74, 6) is 0.193. The van der Waals surface area contributed by atoms with Crippen LogP contribution in [0.5, 0.6) is 0 Å². The summed E-state index contributed by atoms with van der Waals surface area (Å²) in [6.07, 6.45) is 2.68. The van der Waals surface area contributed by atoms with Gasteiger partial charge in [-0.1, -0.05) is 24.6 Å². The molecule has 0 radical (unpaired) electrons. The summed E-state index contributed by atoms with van der Waals surface area (Å²) in [6.45, 7) is 0.578. The number of benzene rings is 1. The molecule has 0 bridgehead atoms. The third kappa shape index (κ3) is 2.65. The van der Waals surface area contributed by atoms with Crippen LogP contribution >= 0.6 is 11.3 Å². The lowest BCUT2D eigenvalue weighted by molar-refractivity contribution is 0.0921. The molecule has 4 heteroatoms. The van der Waals surface area contributed by atoms with Gasteiger partial charge in [0, 0.05) is 17.2 Å². The van der Waals surface area contributed by atoms with Crippen LogP contribution in [0.4, 0.5) is 0 Å². The summed E-state index contributed by atoms with van der Waals surface area (Å²) in [7, 11) is 0. The lowest BCUT2D eigenvalue weighted by atomic mass is 10.1. The summed E-state index contributed by atoms with van der Waals surface area (Å²) in [5.41, 5.74) is 0. The van der Waals surface area contributed by atoms with Gasteiger partial charge in [0.25, 0.3) is 5.91 Å². The van der Waals surface area contributed by atoms with Crippen molar-refractivity contribution in [1.82, 2.24) is 5.32 Å². The van der Waals surface area contributed by atoms with E-state index in [4.69, 9.17) is 0 Å². The van der Waals surface area contributed by atoms with Crippen molar-refractivity contribution >= 4 is 27.3 Å².